The highest BCUT2D eigenvalue weighted by Gasteiger charge is 2.36. The lowest BCUT2D eigenvalue weighted by Crippen LogP contribution is -2.46. The number of nitrogens with zero attached hydrogens (tertiary/aromatic N) is 1. The number of nitrogens with one attached hydrogen (secondary N) is 2. The predicted octanol–water partition coefficient (Wildman–Crippen LogP) is 3.55. The zero-order chi connectivity index (χ0) is 18.8. The predicted molar refractivity (Wildman–Crippen MR) is 98.7 cm³/mol. The fraction of sp³-hybridized carbons (Fsp3) is 0.632. The van der Waals surface area contributed by atoms with Crippen molar-refractivity contribution in [3.63, 3.8) is 0 Å². The first-order valence-electron chi connectivity index (χ1n) is 9.12. The van der Waals surface area contributed by atoms with Gasteiger partial charge in [-0.2, -0.15) is 8.78 Å². The Kier molecular flexibility index (Phi) is 8.09. The van der Waals surface area contributed by atoms with Crippen LogP contribution in [0.2, 0.25) is 0 Å². The summed E-state index contributed by atoms with van der Waals surface area (Å²) in [5.41, 5.74) is 0.894. The van der Waals surface area contributed by atoms with E-state index in [9.17, 15) is 8.78 Å². The Bertz CT molecular complexity index is 578. The Morgan fingerprint density at radius 2 is 2.04 bits per heavy atom. The van der Waals surface area contributed by atoms with Gasteiger partial charge in [-0.15, -0.1) is 0 Å². The molecule has 0 aromatic heterocycles. The molecule has 0 radical (unpaired) electrons. The van der Waals surface area contributed by atoms with Gasteiger partial charge in [-0.25, -0.2) is 4.99 Å². The van der Waals surface area contributed by atoms with E-state index < -0.39 is 6.61 Å². The maximum Gasteiger partial charge on any atom is 0.387 e. The van der Waals surface area contributed by atoms with Crippen LogP contribution in [0.15, 0.2) is 29.3 Å². The highest BCUT2D eigenvalue weighted by molar-refractivity contribution is 5.79. The van der Waals surface area contributed by atoms with Gasteiger partial charge in [-0.1, -0.05) is 24.6 Å². The summed E-state index contributed by atoms with van der Waals surface area (Å²) in [5.74, 6) is 0.848. The second-order valence-corrected chi connectivity index (χ2v) is 6.63. The second kappa shape index (κ2) is 10.3. The fourth-order valence-electron chi connectivity index (χ4n) is 3.13. The Morgan fingerprint density at radius 3 is 2.65 bits per heavy atom. The second-order valence-electron chi connectivity index (χ2n) is 6.63. The first-order valence-corrected chi connectivity index (χ1v) is 9.12. The standard InChI is InChI=1S/C19H29F2N3O2/c1-3-22-18(24-14-19(9-6-10-19)11-12-25-2)23-13-15-7-4-5-8-16(15)26-17(20)21/h4-5,7-8,17H,3,6,9-14H2,1-2H3,(H2,22,23,24). The van der Waals surface area contributed by atoms with E-state index in [0.29, 0.717) is 11.5 Å². The molecule has 0 atom stereocenters. The third-order valence-corrected chi connectivity index (χ3v) is 4.82. The molecule has 0 bridgehead atoms. The van der Waals surface area contributed by atoms with Gasteiger partial charge < -0.3 is 20.1 Å². The maximum absolute atomic E-state index is 12.5. The van der Waals surface area contributed by atoms with E-state index in [2.05, 4.69) is 20.4 Å². The zero-order valence-corrected chi connectivity index (χ0v) is 15.6. The van der Waals surface area contributed by atoms with Gasteiger partial charge in [-0.05, 0) is 37.7 Å². The summed E-state index contributed by atoms with van der Waals surface area (Å²) in [6.07, 6.45) is 4.65. The molecule has 0 aliphatic heterocycles. The van der Waals surface area contributed by atoms with Crippen molar-refractivity contribution >= 4 is 5.96 Å². The third kappa shape index (κ3) is 6.12. The molecular weight excluding hydrogens is 340 g/mol. The monoisotopic (exact) mass is 369 g/mol. The molecule has 1 aliphatic rings. The average Bonchev–Trinajstić information content (AvgIpc) is 2.59. The van der Waals surface area contributed by atoms with E-state index in [-0.39, 0.29) is 17.7 Å². The van der Waals surface area contributed by atoms with Crippen LogP contribution in [0.1, 0.15) is 38.2 Å². The molecule has 5 nitrogen and oxygen atoms in total. The molecule has 0 unspecified atom stereocenters. The fourth-order valence-corrected chi connectivity index (χ4v) is 3.13. The lowest BCUT2D eigenvalue weighted by Gasteiger charge is -2.42. The summed E-state index contributed by atoms with van der Waals surface area (Å²) in [5, 5.41) is 6.61. The Balaban J connectivity index is 1.98. The lowest BCUT2D eigenvalue weighted by molar-refractivity contribution is -0.0504. The summed E-state index contributed by atoms with van der Waals surface area (Å²) < 4.78 is 34.8. The first-order chi connectivity index (χ1) is 12.6. The van der Waals surface area contributed by atoms with Crippen molar-refractivity contribution in [3.8, 4) is 5.75 Å². The van der Waals surface area contributed by atoms with Crippen molar-refractivity contribution in [1.29, 1.82) is 0 Å². The van der Waals surface area contributed by atoms with Crippen molar-refractivity contribution in [2.75, 3.05) is 26.8 Å². The number of halogens is 2. The van der Waals surface area contributed by atoms with Gasteiger partial charge in [0.05, 0.1) is 6.54 Å². The van der Waals surface area contributed by atoms with E-state index in [1.807, 2.05) is 6.92 Å². The van der Waals surface area contributed by atoms with Crippen LogP contribution in [0.3, 0.4) is 0 Å². The summed E-state index contributed by atoms with van der Waals surface area (Å²) >= 11 is 0. The van der Waals surface area contributed by atoms with Crippen molar-refractivity contribution < 1.29 is 18.3 Å². The van der Waals surface area contributed by atoms with Gasteiger partial charge in [0.15, 0.2) is 5.96 Å². The summed E-state index contributed by atoms with van der Waals surface area (Å²) in [4.78, 5) is 4.53. The third-order valence-electron chi connectivity index (χ3n) is 4.82. The van der Waals surface area contributed by atoms with Gasteiger partial charge in [0, 0.05) is 32.4 Å². The highest BCUT2D eigenvalue weighted by atomic mass is 19.3. The lowest BCUT2D eigenvalue weighted by atomic mass is 9.67. The van der Waals surface area contributed by atoms with E-state index in [0.717, 1.165) is 26.1 Å². The molecule has 26 heavy (non-hydrogen) atoms. The van der Waals surface area contributed by atoms with Crippen molar-refractivity contribution in [3.05, 3.63) is 29.8 Å². The zero-order valence-electron chi connectivity index (χ0n) is 15.6. The number of benzene rings is 1. The average molecular weight is 369 g/mol. The molecule has 0 spiro atoms. The minimum atomic E-state index is -2.84. The molecule has 2 rings (SSSR count). The quantitative estimate of drug-likeness (QED) is 0.489. The molecule has 0 heterocycles. The van der Waals surface area contributed by atoms with Gasteiger partial charge in [0.25, 0.3) is 0 Å². The van der Waals surface area contributed by atoms with Crippen LogP contribution in [0, 0.1) is 5.41 Å². The van der Waals surface area contributed by atoms with Gasteiger partial charge in [-0.3, -0.25) is 0 Å². The molecule has 1 aromatic carbocycles. The molecule has 7 heteroatoms. The Labute approximate surface area is 154 Å². The maximum atomic E-state index is 12.5. The number of para-hydroxylation sites is 1. The molecule has 1 aromatic rings. The summed E-state index contributed by atoms with van der Waals surface area (Å²) in [6, 6.07) is 6.74. The number of hydrogen-bond acceptors (Lipinski definition) is 3. The topological polar surface area (TPSA) is 54.9 Å². The number of guanidine groups is 1. The molecular formula is C19H29F2N3O2. The minimum absolute atomic E-state index is 0.164. The molecule has 0 amide bonds. The molecule has 1 saturated carbocycles. The molecule has 1 fully saturated rings. The SMILES string of the molecule is CCNC(=NCc1ccccc1OC(F)F)NCC1(CCOC)CCC1. The van der Waals surface area contributed by atoms with E-state index in [1.165, 1.54) is 25.3 Å². The Hall–Kier alpha value is -1.89. The van der Waals surface area contributed by atoms with Crippen LogP contribution in [-0.2, 0) is 11.3 Å². The molecule has 2 N–H and O–H groups in total. The van der Waals surface area contributed by atoms with Crippen LogP contribution in [-0.4, -0.2) is 39.4 Å². The highest BCUT2D eigenvalue weighted by Crippen LogP contribution is 2.43. The van der Waals surface area contributed by atoms with E-state index in [1.54, 1.807) is 25.3 Å². The van der Waals surface area contributed by atoms with Gasteiger partial charge in [0.1, 0.15) is 5.75 Å². The molecule has 1 aliphatic carbocycles. The van der Waals surface area contributed by atoms with Crippen LogP contribution in [0.4, 0.5) is 8.78 Å². The smallest absolute Gasteiger partial charge is 0.387 e. The van der Waals surface area contributed by atoms with Crippen molar-refractivity contribution in [1.82, 2.24) is 10.6 Å². The van der Waals surface area contributed by atoms with Crippen molar-refractivity contribution in [2.45, 2.75) is 45.8 Å². The van der Waals surface area contributed by atoms with Crippen LogP contribution >= 0.6 is 0 Å². The van der Waals surface area contributed by atoms with Crippen LogP contribution in [0.5, 0.6) is 5.75 Å². The van der Waals surface area contributed by atoms with Crippen molar-refractivity contribution in [2.24, 2.45) is 10.4 Å². The normalized spacial score (nSPS) is 16.3. The molecule has 0 saturated heterocycles. The number of aliphatic imine (C=N–C) groups is 1. The van der Waals surface area contributed by atoms with E-state index in [4.69, 9.17) is 4.74 Å². The van der Waals surface area contributed by atoms with Crippen LogP contribution in [0.25, 0.3) is 0 Å². The van der Waals surface area contributed by atoms with Crippen LogP contribution < -0.4 is 15.4 Å². The Morgan fingerprint density at radius 1 is 1.27 bits per heavy atom. The van der Waals surface area contributed by atoms with E-state index >= 15 is 0 Å². The minimum Gasteiger partial charge on any atom is -0.434 e. The number of hydrogen-bond donors (Lipinski definition) is 2. The summed E-state index contributed by atoms with van der Waals surface area (Å²) in [7, 11) is 1.73. The number of ether oxygens (including phenoxy) is 2. The van der Waals surface area contributed by atoms with Gasteiger partial charge >= 0.3 is 6.61 Å². The number of rotatable bonds is 10. The molecule has 146 valence electrons. The van der Waals surface area contributed by atoms with Gasteiger partial charge in [0.2, 0.25) is 0 Å². The first kappa shape index (κ1) is 20.4. The largest absolute Gasteiger partial charge is 0.434 e. The summed E-state index contributed by atoms with van der Waals surface area (Å²) in [6.45, 7) is 1.74. The number of alkyl halides is 2. The number of methoxy groups -OCH3 is 1.